The fourth-order valence-electron chi connectivity index (χ4n) is 8.06. The van der Waals surface area contributed by atoms with Crippen LogP contribution in [0.1, 0.15) is 5.56 Å². The van der Waals surface area contributed by atoms with Gasteiger partial charge in [-0.05, 0) is 130 Å². The van der Waals surface area contributed by atoms with Gasteiger partial charge in [0.25, 0.3) is 0 Å². The van der Waals surface area contributed by atoms with E-state index in [0.717, 1.165) is 11.3 Å². The van der Waals surface area contributed by atoms with Gasteiger partial charge in [0, 0.05) is 11.8 Å². The maximum Gasteiger partial charge on any atom is 0.0702 e. The number of aryl methyl sites for hydroxylation is 1. The Kier molecular flexibility index (Phi) is 6.79. The van der Waals surface area contributed by atoms with Crippen LogP contribution in [0.5, 0.6) is 0 Å². The van der Waals surface area contributed by atoms with Crippen LogP contribution in [0.4, 0.5) is 0 Å². The molecule has 0 fully saturated rings. The molecule has 1 heteroatoms. The zero-order valence-corrected chi connectivity index (χ0v) is 28.3. The first-order valence-electron chi connectivity index (χ1n) is 17.6. The summed E-state index contributed by atoms with van der Waals surface area (Å²) in [5.74, 6) is 0. The second-order valence-corrected chi connectivity index (χ2v) is 13.6. The third-order valence-electron chi connectivity index (χ3n) is 10.6. The predicted octanol–water partition coefficient (Wildman–Crippen LogP) is 13.8. The molecule has 10 rings (SSSR count). The third-order valence-corrected chi connectivity index (χ3v) is 10.6. The minimum Gasteiger partial charge on any atom is -0.256 e. The molecule has 0 spiro atoms. The Morgan fingerprint density at radius 3 is 1.53 bits per heavy atom. The van der Waals surface area contributed by atoms with Gasteiger partial charge in [-0.2, -0.15) is 0 Å². The van der Waals surface area contributed by atoms with E-state index in [1.807, 2.05) is 18.3 Å². The van der Waals surface area contributed by atoms with E-state index >= 15 is 0 Å². The van der Waals surface area contributed by atoms with Crippen LogP contribution in [0.3, 0.4) is 0 Å². The van der Waals surface area contributed by atoms with Crippen LogP contribution in [0.15, 0.2) is 182 Å². The number of pyridine rings is 1. The smallest absolute Gasteiger partial charge is 0.0702 e. The van der Waals surface area contributed by atoms with Crippen molar-refractivity contribution < 1.29 is 0 Å². The van der Waals surface area contributed by atoms with E-state index in [2.05, 4.69) is 176 Å². The highest BCUT2D eigenvalue weighted by Crippen LogP contribution is 2.41. The molecular formula is C50H33N. The SMILES string of the molecule is Cc1cccc2ccc3cccc(-c4cccc5ccc6cc(-c7ccc(-c8ccc9cc(-c%10ccccn%10)ccc9c8)cc7)ccc6c45)c3c12. The van der Waals surface area contributed by atoms with Crippen molar-refractivity contribution in [3.63, 3.8) is 0 Å². The van der Waals surface area contributed by atoms with Crippen molar-refractivity contribution in [2.45, 2.75) is 6.92 Å². The van der Waals surface area contributed by atoms with Crippen molar-refractivity contribution >= 4 is 53.9 Å². The maximum atomic E-state index is 4.52. The summed E-state index contributed by atoms with van der Waals surface area (Å²) in [6.07, 6.45) is 1.84. The van der Waals surface area contributed by atoms with Crippen molar-refractivity contribution in [1.29, 1.82) is 0 Å². The average Bonchev–Trinajstić information content (AvgIpc) is 3.20. The van der Waals surface area contributed by atoms with Gasteiger partial charge in [-0.25, -0.2) is 0 Å². The molecule has 0 amide bonds. The maximum absolute atomic E-state index is 4.52. The van der Waals surface area contributed by atoms with Crippen LogP contribution in [-0.4, -0.2) is 4.98 Å². The highest BCUT2D eigenvalue weighted by Gasteiger charge is 2.14. The van der Waals surface area contributed by atoms with Gasteiger partial charge in [0.1, 0.15) is 0 Å². The summed E-state index contributed by atoms with van der Waals surface area (Å²) in [6, 6.07) is 64.5. The minimum absolute atomic E-state index is 0.995. The van der Waals surface area contributed by atoms with E-state index < -0.39 is 0 Å². The topological polar surface area (TPSA) is 12.9 Å². The molecule has 1 heterocycles. The molecule has 0 bridgehead atoms. The van der Waals surface area contributed by atoms with Crippen molar-refractivity contribution in [2.24, 2.45) is 0 Å². The van der Waals surface area contributed by atoms with Gasteiger partial charge in [-0.3, -0.25) is 4.98 Å². The number of rotatable bonds is 4. The van der Waals surface area contributed by atoms with Crippen molar-refractivity contribution in [2.75, 3.05) is 0 Å². The van der Waals surface area contributed by atoms with Crippen molar-refractivity contribution in [3.05, 3.63) is 188 Å². The standard InChI is InChI=1S/C50H33N/c1-32-7-4-8-35-18-19-37-10-6-12-46(50(37)48(32)35)45-11-5-9-36-20-24-42-30-39(26-27-44(42)49(36)45)34-16-14-33(15-17-34)38-21-22-41-31-43(25-23-40(41)29-38)47-13-2-3-28-51-47/h2-31H,1H3. The van der Waals surface area contributed by atoms with Crippen LogP contribution in [0.2, 0.25) is 0 Å². The molecule has 1 nitrogen and oxygen atoms in total. The number of benzene rings is 9. The largest absolute Gasteiger partial charge is 0.256 e. The number of fused-ring (bicyclic) bond motifs is 7. The van der Waals surface area contributed by atoms with Crippen LogP contribution in [0.25, 0.3) is 98.5 Å². The molecule has 0 aliphatic rings. The molecule has 0 aliphatic heterocycles. The van der Waals surface area contributed by atoms with E-state index in [-0.39, 0.29) is 0 Å². The first-order valence-corrected chi connectivity index (χ1v) is 17.6. The third kappa shape index (κ3) is 4.97. The summed E-state index contributed by atoms with van der Waals surface area (Å²) in [5, 5.41) is 12.8. The molecule has 0 N–H and O–H groups in total. The fourth-order valence-corrected chi connectivity index (χ4v) is 8.06. The molecule has 0 aliphatic carbocycles. The summed E-state index contributed by atoms with van der Waals surface area (Å²) in [6.45, 7) is 2.23. The van der Waals surface area contributed by atoms with E-state index in [1.54, 1.807) is 0 Å². The van der Waals surface area contributed by atoms with Crippen LogP contribution >= 0.6 is 0 Å². The molecule has 0 saturated carbocycles. The second-order valence-electron chi connectivity index (χ2n) is 13.6. The minimum atomic E-state index is 0.995. The van der Waals surface area contributed by atoms with E-state index in [0.29, 0.717) is 0 Å². The Morgan fingerprint density at radius 2 is 0.843 bits per heavy atom. The summed E-state index contributed by atoms with van der Waals surface area (Å²) < 4.78 is 0. The fraction of sp³-hybridized carbons (Fsp3) is 0.0200. The van der Waals surface area contributed by atoms with Gasteiger partial charge in [-0.15, -0.1) is 0 Å². The van der Waals surface area contributed by atoms with Crippen LogP contribution < -0.4 is 0 Å². The van der Waals surface area contributed by atoms with E-state index in [1.165, 1.54) is 92.8 Å². The van der Waals surface area contributed by atoms with Crippen molar-refractivity contribution in [1.82, 2.24) is 4.98 Å². The Balaban J connectivity index is 1.03. The highest BCUT2D eigenvalue weighted by molar-refractivity contribution is 6.21. The molecule has 0 radical (unpaired) electrons. The first kappa shape index (κ1) is 29.4. The summed E-state index contributed by atoms with van der Waals surface area (Å²) in [4.78, 5) is 4.52. The Morgan fingerprint density at radius 1 is 0.333 bits per heavy atom. The van der Waals surface area contributed by atoms with Gasteiger partial charge in [0.05, 0.1) is 5.69 Å². The van der Waals surface area contributed by atoms with Gasteiger partial charge >= 0.3 is 0 Å². The number of aromatic nitrogens is 1. The molecule has 10 aromatic rings. The zero-order valence-electron chi connectivity index (χ0n) is 28.3. The van der Waals surface area contributed by atoms with Gasteiger partial charge in [0.2, 0.25) is 0 Å². The first-order chi connectivity index (χ1) is 25.2. The van der Waals surface area contributed by atoms with Crippen LogP contribution in [0, 0.1) is 6.92 Å². The lowest BCUT2D eigenvalue weighted by Crippen LogP contribution is -1.89. The summed E-state index contributed by atoms with van der Waals surface area (Å²) in [5.41, 5.74) is 10.9. The number of hydrogen-bond acceptors (Lipinski definition) is 1. The molecule has 0 atom stereocenters. The molecule has 0 unspecified atom stereocenters. The second kappa shape index (κ2) is 11.8. The number of hydrogen-bond donors (Lipinski definition) is 0. The average molecular weight is 648 g/mol. The van der Waals surface area contributed by atoms with Gasteiger partial charge in [-0.1, -0.05) is 146 Å². The van der Waals surface area contributed by atoms with Gasteiger partial charge < -0.3 is 0 Å². The normalized spacial score (nSPS) is 11.6. The molecule has 9 aromatic carbocycles. The quantitative estimate of drug-likeness (QED) is 0.173. The lowest BCUT2D eigenvalue weighted by atomic mass is 9.88. The van der Waals surface area contributed by atoms with Crippen LogP contribution in [-0.2, 0) is 0 Å². The summed E-state index contributed by atoms with van der Waals surface area (Å²) in [7, 11) is 0. The van der Waals surface area contributed by atoms with Gasteiger partial charge in [0.15, 0.2) is 0 Å². The van der Waals surface area contributed by atoms with E-state index in [9.17, 15) is 0 Å². The Labute approximate surface area is 297 Å². The molecule has 0 saturated heterocycles. The zero-order chi connectivity index (χ0) is 33.9. The summed E-state index contributed by atoms with van der Waals surface area (Å²) >= 11 is 0. The molecule has 1 aromatic heterocycles. The molecule has 238 valence electrons. The predicted molar refractivity (Wildman–Crippen MR) is 218 cm³/mol. The lowest BCUT2D eigenvalue weighted by molar-refractivity contribution is 1.33. The Bertz CT molecular complexity index is 2960. The Hall–Kier alpha value is -6.57. The monoisotopic (exact) mass is 647 g/mol. The van der Waals surface area contributed by atoms with Crippen molar-refractivity contribution in [3.8, 4) is 44.6 Å². The molecule has 51 heavy (non-hydrogen) atoms. The lowest BCUT2D eigenvalue weighted by Gasteiger charge is -2.16. The van der Waals surface area contributed by atoms with E-state index in [4.69, 9.17) is 0 Å². The molecular weight excluding hydrogens is 615 g/mol. The number of nitrogens with zero attached hydrogens (tertiary/aromatic N) is 1. The highest BCUT2D eigenvalue weighted by atomic mass is 14.7.